The van der Waals surface area contributed by atoms with E-state index in [9.17, 15) is 22.9 Å². The van der Waals surface area contributed by atoms with Gasteiger partial charge < -0.3 is 0 Å². The van der Waals surface area contributed by atoms with E-state index >= 15 is 0 Å². The number of aromatic amines is 1. The van der Waals surface area contributed by atoms with Crippen molar-refractivity contribution in [3.05, 3.63) is 64.0 Å². The number of hydrogen-bond donors (Lipinski definition) is 1. The molecule has 1 fully saturated rings. The van der Waals surface area contributed by atoms with Gasteiger partial charge in [-0.3, -0.25) is 10.1 Å². The first-order chi connectivity index (χ1) is 13.9. The van der Waals surface area contributed by atoms with Crippen molar-refractivity contribution in [1.29, 1.82) is 0 Å². The van der Waals surface area contributed by atoms with Crippen molar-refractivity contribution in [2.24, 2.45) is 0 Å². The summed E-state index contributed by atoms with van der Waals surface area (Å²) in [4.78, 5) is 10.2. The van der Waals surface area contributed by atoms with Crippen LogP contribution in [0.4, 0.5) is 10.1 Å². The van der Waals surface area contributed by atoms with Crippen LogP contribution in [0.15, 0.2) is 47.4 Å². The number of rotatable bonds is 5. The van der Waals surface area contributed by atoms with Crippen molar-refractivity contribution in [3.63, 3.8) is 0 Å². The number of aromatic nitrogens is 4. The maximum Gasteiger partial charge on any atom is 0.269 e. The summed E-state index contributed by atoms with van der Waals surface area (Å²) < 4.78 is 41.9. The highest BCUT2D eigenvalue weighted by molar-refractivity contribution is 8.01. The molecule has 1 aliphatic rings. The molecule has 150 valence electrons. The topological polar surface area (TPSA) is 135 Å². The van der Waals surface area contributed by atoms with Crippen LogP contribution in [0.5, 0.6) is 0 Å². The number of tetrazole rings is 1. The van der Waals surface area contributed by atoms with Crippen LogP contribution < -0.4 is 0 Å². The van der Waals surface area contributed by atoms with Crippen molar-refractivity contribution < 1.29 is 17.7 Å². The third-order valence-corrected chi connectivity index (χ3v) is 7.62. The average Bonchev–Trinajstić information content (AvgIpc) is 3.40. The first-order valence-electron chi connectivity index (χ1n) is 8.29. The monoisotopic (exact) mass is 436 g/mol. The summed E-state index contributed by atoms with van der Waals surface area (Å²) >= 11 is 1.41. The second-order valence-corrected chi connectivity index (χ2v) is 9.14. The van der Waals surface area contributed by atoms with Gasteiger partial charge in [0.1, 0.15) is 5.82 Å². The van der Waals surface area contributed by atoms with E-state index in [-0.39, 0.29) is 28.5 Å². The SMILES string of the molecule is O=[N+]([O-])c1ccc(C2SCCN2S(=O)(=O)c2ccc(F)c(-c3nn[nH]n3)c2)cc1. The van der Waals surface area contributed by atoms with Crippen molar-refractivity contribution in [2.75, 3.05) is 12.3 Å². The van der Waals surface area contributed by atoms with E-state index in [0.717, 1.165) is 6.07 Å². The minimum absolute atomic E-state index is 0.0535. The number of nitro benzene ring substituents is 1. The van der Waals surface area contributed by atoms with Gasteiger partial charge in [-0.15, -0.1) is 22.0 Å². The van der Waals surface area contributed by atoms with E-state index in [2.05, 4.69) is 20.6 Å². The molecule has 1 atom stereocenters. The largest absolute Gasteiger partial charge is 0.269 e. The number of non-ortho nitro benzene ring substituents is 1. The number of nitrogens with zero attached hydrogens (tertiary/aromatic N) is 5. The zero-order valence-electron chi connectivity index (χ0n) is 14.6. The number of nitrogens with one attached hydrogen (secondary N) is 1. The summed E-state index contributed by atoms with van der Waals surface area (Å²) in [6, 6.07) is 9.16. The minimum Gasteiger partial charge on any atom is -0.258 e. The summed E-state index contributed by atoms with van der Waals surface area (Å²) in [5, 5.41) is 23.3. The molecule has 10 nitrogen and oxygen atoms in total. The highest BCUT2D eigenvalue weighted by Gasteiger charge is 2.37. The van der Waals surface area contributed by atoms with E-state index < -0.39 is 26.1 Å². The molecule has 0 radical (unpaired) electrons. The lowest BCUT2D eigenvalue weighted by Crippen LogP contribution is -2.30. The first-order valence-corrected chi connectivity index (χ1v) is 10.8. The number of benzene rings is 2. The summed E-state index contributed by atoms with van der Waals surface area (Å²) in [6.45, 7) is 0.254. The molecule has 0 bridgehead atoms. The van der Waals surface area contributed by atoms with E-state index in [4.69, 9.17) is 0 Å². The Labute approximate surface area is 168 Å². The molecule has 1 saturated heterocycles. The van der Waals surface area contributed by atoms with E-state index in [1.165, 1.54) is 40.3 Å². The molecule has 0 saturated carbocycles. The fourth-order valence-corrected chi connectivity index (χ4v) is 6.24. The van der Waals surface area contributed by atoms with Crippen molar-refractivity contribution in [1.82, 2.24) is 24.9 Å². The highest BCUT2D eigenvalue weighted by atomic mass is 32.2. The Morgan fingerprint density at radius 1 is 1.24 bits per heavy atom. The molecule has 13 heteroatoms. The number of H-pyrrole nitrogens is 1. The van der Waals surface area contributed by atoms with Gasteiger partial charge in [-0.2, -0.15) is 9.52 Å². The van der Waals surface area contributed by atoms with Crippen LogP contribution in [-0.2, 0) is 10.0 Å². The summed E-state index contributed by atoms with van der Waals surface area (Å²) in [5.41, 5.74) is 0.468. The van der Waals surface area contributed by atoms with Crippen molar-refractivity contribution in [2.45, 2.75) is 10.3 Å². The fraction of sp³-hybridized carbons (Fsp3) is 0.188. The molecule has 1 aromatic heterocycles. The third kappa shape index (κ3) is 3.59. The molecule has 0 spiro atoms. The van der Waals surface area contributed by atoms with E-state index in [0.29, 0.717) is 11.3 Å². The van der Waals surface area contributed by atoms with Crippen LogP contribution in [0.3, 0.4) is 0 Å². The molecule has 1 unspecified atom stereocenters. The predicted molar refractivity (Wildman–Crippen MR) is 102 cm³/mol. The van der Waals surface area contributed by atoms with Crippen LogP contribution in [-0.4, -0.2) is 50.6 Å². The van der Waals surface area contributed by atoms with Gasteiger partial charge in [0, 0.05) is 24.4 Å². The molecule has 1 N–H and O–H groups in total. The van der Waals surface area contributed by atoms with Gasteiger partial charge in [-0.05, 0) is 41.1 Å². The van der Waals surface area contributed by atoms with Gasteiger partial charge in [0.15, 0.2) is 0 Å². The second-order valence-electron chi connectivity index (χ2n) is 6.06. The quantitative estimate of drug-likeness (QED) is 0.476. The summed E-state index contributed by atoms with van der Waals surface area (Å²) in [7, 11) is -3.97. The number of halogens is 1. The van der Waals surface area contributed by atoms with Crippen LogP contribution >= 0.6 is 11.8 Å². The number of hydrogen-bond acceptors (Lipinski definition) is 8. The summed E-state index contributed by atoms with van der Waals surface area (Å²) in [6.07, 6.45) is 0. The molecule has 1 aliphatic heterocycles. The lowest BCUT2D eigenvalue weighted by Gasteiger charge is -2.23. The van der Waals surface area contributed by atoms with Crippen LogP contribution in [0, 0.1) is 15.9 Å². The van der Waals surface area contributed by atoms with Crippen molar-refractivity contribution >= 4 is 27.5 Å². The zero-order chi connectivity index (χ0) is 20.6. The lowest BCUT2D eigenvalue weighted by atomic mass is 10.2. The highest BCUT2D eigenvalue weighted by Crippen LogP contribution is 2.42. The predicted octanol–water partition coefficient (Wildman–Crippen LogP) is 2.35. The molecule has 0 aliphatic carbocycles. The molecule has 29 heavy (non-hydrogen) atoms. The molecule has 2 heterocycles. The van der Waals surface area contributed by atoms with E-state index in [1.54, 1.807) is 12.1 Å². The average molecular weight is 436 g/mol. The van der Waals surface area contributed by atoms with Gasteiger partial charge in [0.05, 0.1) is 20.8 Å². The van der Waals surface area contributed by atoms with Gasteiger partial charge in [0.25, 0.3) is 5.69 Å². The molecular weight excluding hydrogens is 423 g/mol. The normalized spacial score (nSPS) is 17.5. The minimum atomic E-state index is -3.97. The standard InChI is InChI=1S/C16H13FN6O4S2/c17-14-6-5-12(9-13(14)15-18-20-21-19-15)29(26,27)22-7-8-28-16(22)10-1-3-11(4-2-10)23(24)25/h1-6,9,16H,7-8H2,(H,18,19,20,21). The van der Waals surface area contributed by atoms with Gasteiger partial charge in [-0.1, -0.05) is 0 Å². The van der Waals surface area contributed by atoms with E-state index in [1.807, 2.05) is 0 Å². The number of nitro groups is 1. The Morgan fingerprint density at radius 2 is 2.00 bits per heavy atom. The Bertz CT molecular complexity index is 1150. The van der Waals surface area contributed by atoms with Gasteiger partial charge in [0.2, 0.25) is 15.8 Å². The molecule has 3 aromatic rings. The Balaban J connectivity index is 1.69. The Kier molecular flexibility index (Phi) is 5.02. The molecular formula is C16H13FN6O4S2. The maximum absolute atomic E-state index is 14.2. The second kappa shape index (κ2) is 7.50. The fourth-order valence-electron chi connectivity index (χ4n) is 2.97. The van der Waals surface area contributed by atoms with Crippen LogP contribution in [0.2, 0.25) is 0 Å². The van der Waals surface area contributed by atoms with Crippen LogP contribution in [0.25, 0.3) is 11.4 Å². The Hall–Kier alpha value is -2.90. The zero-order valence-corrected chi connectivity index (χ0v) is 16.2. The lowest BCUT2D eigenvalue weighted by molar-refractivity contribution is -0.384. The maximum atomic E-state index is 14.2. The molecule has 4 rings (SSSR count). The molecule has 2 aromatic carbocycles. The van der Waals surface area contributed by atoms with Crippen LogP contribution in [0.1, 0.15) is 10.9 Å². The third-order valence-electron chi connectivity index (χ3n) is 4.37. The molecule has 0 amide bonds. The Morgan fingerprint density at radius 3 is 2.66 bits per heavy atom. The van der Waals surface area contributed by atoms with Gasteiger partial charge >= 0.3 is 0 Å². The van der Waals surface area contributed by atoms with Crippen molar-refractivity contribution in [3.8, 4) is 11.4 Å². The number of sulfonamides is 1. The smallest absolute Gasteiger partial charge is 0.258 e. The van der Waals surface area contributed by atoms with Gasteiger partial charge in [-0.25, -0.2) is 12.8 Å². The number of thioether (sulfide) groups is 1. The first kappa shape index (κ1) is 19.4. The summed E-state index contributed by atoms with van der Waals surface area (Å²) in [5.74, 6) is -0.171.